The van der Waals surface area contributed by atoms with E-state index in [1.165, 1.54) is 10.6 Å². The SMILES string of the molecule is CCc1nc([C@H](C)N[C@@H]2Cc3ccccc3[C@H]2O)cs1. The first-order valence-corrected chi connectivity index (χ1v) is 8.03. The predicted molar refractivity (Wildman–Crippen MR) is 81.9 cm³/mol. The summed E-state index contributed by atoms with van der Waals surface area (Å²) in [6, 6.07) is 8.38. The maximum absolute atomic E-state index is 10.4. The van der Waals surface area contributed by atoms with E-state index in [0.29, 0.717) is 0 Å². The number of nitrogens with one attached hydrogen (secondary N) is 1. The quantitative estimate of drug-likeness (QED) is 0.909. The molecule has 0 saturated carbocycles. The van der Waals surface area contributed by atoms with Crippen LogP contribution in [0.2, 0.25) is 0 Å². The van der Waals surface area contributed by atoms with Gasteiger partial charge in [-0.15, -0.1) is 11.3 Å². The first-order chi connectivity index (χ1) is 9.69. The summed E-state index contributed by atoms with van der Waals surface area (Å²) in [5.74, 6) is 0. The number of thiazole rings is 1. The summed E-state index contributed by atoms with van der Waals surface area (Å²) >= 11 is 1.71. The Kier molecular flexibility index (Phi) is 3.87. The van der Waals surface area contributed by atoms with Crippen molar-refractivity contribution in [2.45, 2.75) is 44.9 Å². The highest BCUT2D eigenvalue weighted by atomic mass is 32.1. The van der Waals surface area contributed by atoms with Crippen molar-refractivity contribution >= 4 is 11.3 Å². The van der Waals surface area contributed by atoms with Gasteiger partial charge in [-0.05, 0) is 30.9 Å². The van der Waals surface area contributed by atoms with Gasteiger partial charge in [0.2, 0.25) is 0 Å². The average molecular weight is 288 g/mol. The summed E-state index contributed by atoms with van der Waals surface area (Å²) in [5, 5.41) is 17.2. The lowest BCUT2D eigenvalue weighted by molar-refractivity contribution is 0.136. The number of benzene rings is 1. The van der Waals surface area contributed by atoms with E-state index in [4.69, 9.17) is 0 Å². The van der Waals surface area contributed by atoms with E-state index in [-0.39, 0.29) is 12.1 Å². The molecule has 0 bridgehead atoms. The molecule has 3 nitrogen and oxygen atoms in total. The third kappa shape index (κ3) is 2.51. The smallest absolute Gasteiger partial charge is 0.0949 e. The molecule has 0 saturated heterocycles. The van der Waals surface area contributed by atoms with Crippen LogP contribution in [0.15, 0.2) is 29.6 Å². The molecule has 1 heterocycles. The third-order valence-electron chi connectivity index (χ3n) is 3.97. The molecule has 1 aliphatic rings. The number of rotatable bonds is 4. The third-order valence-corrected chi connectivity index (χ3v) is 4.99. The number of aromatic nitrogens is 1. The van der Waals surface area contributed by atoms with E-state index < -0.39 is 6.10 Å². The lowest BCUT2D eigenvalue weighted by atomic mass is 10.1. The van der Waals surface area contributed by atoms with Crippen molar-refractivity contribution in [2.75, 3.05) is 0 Å². The van der Waals surface area contributed by atoms with E-state index in [1.54, 1.807) is 11.3 Å². The van der Waals surface area contributed by atoms with E-state index in [2.05, 4.69) is 35.6 Å². The van der Waals surface area contributed by atoms with Gasteiger partial charge in [-0.25, -0.2) is 4.98 Å². The first kappa shape index (κ1) is 13.7. The van der Waals surface area contributed by atoms with Gasteiger partial charge in [0.1, 0.15) is 0 Å². The van der Waals surface area contributed by atoms with Crippen LogP contribution in [0.1, 0.15) is 47.8 Å². The summed E-state index contributed by atoms with van der Waals surface area (Å²) in [4.78, 5) is 4.62. The normalized spacial score (nSPS) is 22.8. The topological polar surface area (TPSA) is 45.2 Å². The second kappa shape index (κ2) is 5.64. The Labute approximate surface area is 123 Å². The highest BCUT2D eigenvalue weighted by Crippen LogP contribution is 2.32. The van der Waals surface area contributed by atoms with E-state index >= 15 is 0 Å². The Bertz CT molecular complexity index is 596. The lowest BCUT2D eigenvalue weighted by Gasteiger charge is -2.21. The average Bonchev–Trinajstić information content (AvgIpc) is 3.05. The number of hydrogen-bond acceptors (Lipinski definition) is 4. The molecule has 1 aromatic carbocycles. The Morgan fingerprint density at radius 2 is 2.25 bits per heavy atom. The standard InChI is InChI=1S/C16H20N2OS/c1-3-15-18-14(9-20-15)10(2)17-13-8-11-6-4-5-7-12(11)16(13)19/h4-7,9-10,13,16-17,19H,3,8H2,1-2H3/t10-,13+,16+/m0/s1. The van der Waals surface area contributed by atoms with Crippen LogP contribution in [0.3, 0.4) is 0 Å². The number of aliphatic hydroxyl groups excluding tert-OH is 1. The number of hydrogen-bond donors (Lipinski definition) is 2. The van der Waals surface area contributed by atoms with Gasteiger partial charge in [0, 0.05) is 17.5 Å². The molecule has 1 aromatic heterocycles. The van der Waals surface area contributed by atoms with Gasteiger partial charge < -0.3 is 10.4 Å². The molecular formula is C16H20N2OS. The maximum Gasteiger partial charge on any atom is 0.0949 e. The Balaban J connectivity index is 1.70. The molecule has 0 unspecified atom stereocenters. The Hall–Kier alpha value is -1.23. The van der Waals surface area contributed by atoms with Crippen LogP contribution in [-0.4, -0.2) is 16.1 Å². The van der Waals surface area contributed by atoms with Crippen molar-refractivity contribution < 1.29 is 5.11 Å². The Morgan fingerprint density at radius 3 is 2.95 bits per heavy atom. The van der Waals surface area contributed by atoms with Gasteiger partial charge in [-0.3, -0.25) is 0 Å². The number of aliphatic hydroxyl groups is 1. The summed E-state index contributed by atoms with van der Waals surface area (Å²) in [6.45, 7) is 4.24. The van der Waals surface area contributed by atoms with Gasteiger partial charge >= 0.3 is 0 Å². The fourth-order valence-electron chi connectivity index (χ4n) is 2.82. The molecule has 2 N–H and O–H groups in total. The van der Waals surface area contributed by atoms with E-state index in [0.717, 1.165) is 24.1 Å². The minimum atomic E-state index is -0.419. The van der Waals surface area contributed by atoms with Crippen molar-refractivity contribution in [2.24, 2.45) is 0 Å². The van der Waals surface area contributed by atoms with E-state index in [9.17, 15) is 5.11 Å². The largest absolute Gasteiger partial charge is 0.387 e. The number of fused-ring (bicyclic) bond motifs is 1. The number of nitrogens with zero attached hydrogens (tertiary/aromatic N) is 1. The predicted octanol–water partition coefficient (Wildman–Crippen LogP) is 3.01. The van der Waals surface area contributed by atoms with Crippen molar-refractivity contribution in [1.29, 1.82) is 0 Å². The van der Waals surface area contributed by atoms with Crippen LogP contribution in [-0.2, 0) is 12.8 Å². The molecule has 106 valence electrons. The zero-order chi connectivity index (χ0) is 14.1. The van der Waals surface area contributed by atoms with Gasteiger partial charge in [-0.1, -0.05) is 31.2 Å². The summed E-state index contributed by atoms with van der Waals surface area (Å²) in [6.07, 6.45) is 1.44. The molecule has 1 aliphatic carbocycles. The van der Waals surface area contributed by atoms with Crippen molar-refractivity contribution in [3.8, 4) is 0 Å². The fourth-order valence-corrected chi connectivity index (χ4v) is 3.66. The molecular weight excluding hydrogens is 268 g/mol. The van der Waals surface area contributed by atoms with Crippen molar-refractivity contribution in [3.05, 3.63) is 51.5 Å². The molecule has 3 atom stereocenters. The molecule has 0 aliphatic heterocycles. The molecule has 4 heteroatoms. The molecule has 2 aromatic rings. The van der Waals surface area contributed by atoms with Crippen LogP contribution >= 0.6 is 11.3 Å². The highest BCUT2D eigenvalue weighted by Gasteiger charge is 2.31. The summed E-state index contributed by atoms with van der Waals surface area (Å²) in [7, 11) is 0. The van der Waals surface area contributed by atoms with Gasteiger partial charge in [0.15, 0.2) is 0 Å². The molecule has 0 fully saturated rings. The van der Waals surface area contributed by atoms with Gasteiger partial charge in [0.25, 0.3) is 0 Å². The molecule has 0 amide bonds. The summed E-state index contributed by atoms with van der Waals surface area (Å²) in [5.41, 5.74) is 3.39. The van der Waals surface area contributed by atoms with Gasteiger partial charge in [0.05, 0.1) is 16.8 Å². The molecule has 0 spiro atoms. The van der Waals surface area contributed by atoms with Crippen molar-refractivity contribution in [1.82, 2.24) is 10.3 Å². The van der Waals surface area contributed by atoms with Crippen molar-refractivity contribution in [3.63, 3.8) is 0 Å². The molecule has 0 radical (unpaired) electrons. The highest BCUT2D eigenvalue weighted by molar-refractivity contribution is 7.09. The second-order valence-electron chi connectivity index (χ2n) is 5.36. The van der Waals surface area contributed by atoms with Crippen LogP contribution in [0.5, 0.6) is 0 Å². The first-order valence-electron chi connectivity index (χ1n) is 7.15. The van der Waals surface area contributed by atoms with Gasteiger partial charge in [-0.2, -0.15) is 0 Å². The van der Waals surface area contributed by atoms with Crippen LogP contribution in [0.25, 0.3) is 0 Å². The molecule has 20 heavy (non-hydrogen) atoms. The van der Waals surface area contributed by atoms with Crippen LogP contribution in [0.4, 0.5) is 0 Å². The van der Waals surface area contributed by atoms with Crippen LogP contribution in [0, 0.1) is 0 Å². The van der Waals surface area contributed by atoms with E-state index in [1.807, 2.05) is 18.2 Å². The maximum atomic E-state index is 10.4. The second-order valence-corrected chi connectivity index (χ2v) is 6.30. The summed E-state index contributed by atoms with van der Waals surface area (Å²) < 4.78 is 0. The fraction of sp³-hybridized carbons (Fsp3) is 0.438. The minimum absolute atomic E-state index is 0.0779. The zero-order valence-corrected chi connectivity index (χ0v) is 12.7. The lowest BCUT2D eigenvalue weighted by Crippen LogP contribution is -2.35. The Morgan fingerprint density at radius 1 is 1.45 bits per heavy atom. The van der Waals surface area contributed by atoms with Crippen LogP contribution < -0.4 is 5.32 Å². The molecule has 3 rings (SSSR count). The zero-order valence-electron chi connectivity index (χ0n) is 11.8. The monoisotopic (exact) mass is 288 g/mol. The number of aryl methyl sites for hydroxylation is 1. The minimum Gasteiger partial charge on any atom is -0.387 e.